The number of carboxylic acid groups (broad SMARTS) is 1. The Kier molecular flexibility index (Phi) is 5.90. The number of sulfonamides is 1. The first-order valence-corrected chi connectivity index (χ1v) is 11.8. The summed E-state index contributed by atoms with van der Waals surface area (Å²) in [5.41, 5.74) is 0.224. The molecule has 11 heteroatoms. The van der Waals surface area contributed by atoms with Crippen molar-refractivity contribution < 1.29 is 35.9 Å². The number of aliphatic carboxylic acids is 1. The molecular weight excluding hydrogens is 464 g/mol. The molecule has 2 atom stereocenters. The predicted octanol–water partition coefficient (Wildman–Crippen LogP) is 3.86. The molecule has 1 aliphatic heterocycles. The molecule has 1 heterocycles. The molecule has 1 aliphatic carbocycles. The second-order valence-electron chi connectivity index (χ2n) is 8.36. The molecular formula is C22H22F4N2O4S. The Bertz CT molecular complexity index is 1200. The van der Waals surface area contributed by atoms with Gasteiger partial charge in [0.2, 0.25) is 10.0 Å². The van der Waals surface area contributed by atoms with Crippen molar-refractivity contribution in [3.63, 3.8) is 0 Å². The van der Waals surface area contributed by atoms with Crippen molar-refractivity contribution in [1.82, 2.24) is 4.31 Å². The summed E-state index contributed by atoms with van der Waals surface area (Å²) in [6.45, 7) is 2.03. The van der Waals surface area contributed by atoms with Crippen molar-refractivity contribution in [2.24, 2.45) is 0 Å². The maximum atomic E-state index is 14.0. The summed E-state index contributed by atoms with van der Waals surface area (Å²) in [6.07, 6.45) is -3.80. The quantitative estimate of drug-likeness (QED) is 0.665. The average molecular weight is 486 g/mol. The van der Waals surface area contributed by atoms with E-state index in [4.69, 9.17) is 0 Å². The van der Waals surface area contributed by atoms with E-state index in [2.05, 4.69) is 0 Å². The lowest BCUT2D eigenvalue weighted by Crippen LogP contribution is -2.54. The minimum atomic E-state index is -4.79. The summed E-state index contributed by atoms with van der Waals surface area (Å²) in [5.74, 6) is -3.11. The number of piperazine rings is 1. The maximum absolute atomic E-state index is 14.0. The second kappa shape index (κ2) is 8.28. The molecule has 0 spiro atoms. The van der Waals surface area contributed by atoms with Crippen LogP contribution >= 0.6 is 0 Å². The van der Waals surface area contributed by atoms with E-state index < -0.39 is 45.5 Å². The molecule has 2 aliphatic rings. The van der Waals surface area contributed by atoms with E-state index in [0.29, 0.717) is 24.5 Å². The summed E-state index contributed by atoms with van der Waals surface area (Å²) < 4.78 is 80.3. The fourth-order valence-corrected chi connectivity index (χ4v) is 6.25. The molecule has 0 saturated carbocycles. The highest BCUT2D eigenvalue weighted by Crippen LogP contribution is 2.36. The summed E-state index contributed by atoms with van der Waals surface area (Å²) in [5, 5.41) is 9.41. The highest BCUT2D eigenvalue weighted by molar-refractivity contribution is 7.89. The number of benzene rings is 2. The molecule has 0 aromatic heterocycles. The summed E-state index contributed by atoms with van der Waals surface area (Å²) in [4.78, 5) is 13.1. The van der Waals surface area contributed by atoms with Gasteiger partial charge in [-0.2, -0.15) is 17.5 Å². The summed E-state index contributed by atoms with van der Waals surface area (Å²) >= 11 is 0. The number of fused-ring (bicyclic) bond motifs is 1. The van der Waals surface area contributed by atoms with Crippen LogP contribution in [0.25, 0.3) is 0 Å². The number of carbonyl (C=O) groups is 1. The van der Waals surface area contributed by atoms with Gasteiger partial charge in [0.1, 0.15) is 5.82 Å². The van der Waals surface area contributed by atoms with E-state index in [9.17, 15) is 35.9 Å². The van der Waals surface area contributed by atoms with Crippen LogP contribution in [0.3, 0.4) is 0 Å². The molecule has 6 nitrogen and oxygen atoms in total. The Balaban J connectivity index is 1.54. The lowest BCUT2D eigenvalue weighted by atomic mass is 10.0. The number of hydrogen-bond acceptors (Lipinski definition) is 4. The first kappa shape index (κ1) is 23.5. The molecule has 1 N–H and O–H groups in total. The topological polar surface area (TPSA) is 77.9 Å². The van der Waals surface area contributed by atoms with E-state index in [1.807, 2.05) is 0 Å². The Hall–Kier alpha value is -2.66. The third kappa shape index (κ3) is 4.31. The van der Waals surface area contributed by atoms with Crippen molar-refractivity contribution >= 4 is 21.7 Å². The van der Waals surface area contributed by atoms with E-state index in [1.165, 1.54) is 22.5 Å². The first-order chi connectivity index (χ1) is 15.4. The van der Waals surface area contributed by atoms with Crippen LogP contribution in [0.5, 0.6) is 0 Å². The van der Waals surface area contributed by atoms with Gasteiger partial charge in [-0.05, 0) is 61.2 Å². The minimum absolute atomic E-state index is 0.00951. The van der Waals surface area contributed by atoms with Crippen LogP contribution in [0.2, 0.25) is 0 Å². The third-order valence-corrected chi connectivity index (χ3v) is 8.30. The highest BCUT2D eigenvalue weighted by atomic mass is 32.2. The van der Waals surface area contributed by atoms with Crippen LogP contribution in [0, 0.1) is 5.82 Å². The van der Waals surface area contributed by atoms with Crippen LogP contribution in [0.15, 0.2) is 41.3 Å². The lowest BCUT2D eigenvalue weighted by molar-refractivity contribution is -0.140. The van der Waals surface area contributed by atoms with Gasteiger partial charge >= 0.3 is 12.1 Å². The number of nitrogens with zero attached hydrogens (tertiary/aromatic N) is 2. The van der Waals surface area contributed by atoms with Crippen molar-refractivity contribution in [1.29, 1.82) is 0 Å². The molecule has 33 heavy (non-hydrogen) atoms. The van der Waals surface area contributed by atoms with E-state index in [-0.39, 0.29) is 30.2 Å². The number of anilines is 1. The lowest BCUT2D eigenvalue weighted by Gasteiger charge is -2.40. The van der Waals surface area contributed by atoms with Crippen LogP contribution < -0.4 is 4.90 Å². The van der Waals surface area contributed by atoms with Gasteiger partial charge in [-0.3, -0.25) is 4.79 Å². The Morgan fingerprint density at radius 1 is 1.12 bits per heavy atom. The zero-order valence-corrected chi connectivity index (χ0v) is 18.5. The van der Waals surface area contributed by atoms with Gasteiger partial charge in [0, 0.05) is 31.4 Å². The first-order valence-electron chi connectivity index (χ1n) is 10.4. The van der Waals surface area contributed by atoms with Gasteiger partial charge in [-0.15, -0.1) is 0 Å². The van der Waals surface area contributed by atoms with Crippen LogP contribution in [-0.2, 0) is 27.4 Å². The van der Waals surface area contributed by atoms with E-state index in [0.717, 1.165) is 11.6 Å². The molecule has 178 valence electrons. The number of hydrogen-bond donors (Lipinski definition) is 1. The molecule has 4 rings (SSSR count). The smallest absolute Gasteiger partial charge is 0.419 e. The fraction of sp³-hybridized carbons (Fsp3) is 0.409. The molecule has 0 radical (unpaired) electrons. The van der Waals surface area contributed by atoms with Crippen LogP contribution in [0.4, 0.5) is 23.2 Å². The largest absolute Gasteiger partial charge is 0.481 e. The SMILES string of the molecule is C[C@H]1CN(c2ccc(C(F)(F)F)c(F)c2)CCN1S(=O)(=O)c1ccc2c(c1)C(C(=O)O)CC2. The number of halogens is 4. The van der Waals surface area contributed by atoms with Crippen LogP contribution in [0.1, 0.15) is 36.0 Å². The van der Waals surface area contributed by atoms with Gasteiger partial charge in [0.15, 0.2) is 0 Å². The molecule has 2 aromatic carbocycles. The van der Waals surface area contributed by atoms with Gasteiger partial charge in [-0.25, -0.2) is 12.8 Å². The normalized spacial score (nSPS) is 21.8. The maximum Gasteiger partial charge on any atom is 0.419 e. The van der Waals surface area contributed by atoms with Crippen molar-refractivity contribution in [2.75, 3.05) is 24.5 Å². The number of rotatable bonds is 4. The molecule has 0 bridgehead atoms. The number of aryl methyl sites for hydroxylation is 1. The minimum Gasteiger partial charge on any atom is -0.481 e. The average Bonchev–Trinajstić information content (AvgIpc) is 3.16. The highest BCUT2D eigenvalue weighted by Gasteiger charge is 2.37. The Morgan fingerprint density at radius 3 is 2.45 bits per heavy atom. The molecule has 1 unspecified atom stereocenters. The standard InChI is InChI=1S/C22H22F4N2O4S/c1-13-12-27(15-4-7-19(20(23)10-15)22(24,25)26)8-9-28(13)33(31,32)16-5-2-14-3-6-17(21(29)30)18(14)11-16/h2,4-5,7,10-11,13,17H,3,6,8-9,12H2,1H3,(H,29,30)/t13-,17?/m0/s1. The van der Waals surface area contributed by atoms with Crippen LogP contribution in [-0.4, -0.2) is 49.5 Å². The van der Waals surface area contributed by atoms with Crippen molar-refractivity contribution in [2.45, 2.75) is 42.8 Å². The third-order valence-electron chi connectivity index (χ3n) is 6.29. The molecule has 1 saturated heterocycles. The fourth-order valence-electron chi connectivity index (χ4n) is 4.60. The second-order valence-corrected chi connectivity index (χ2v) is 10.3. The summed E-state index contributed by atoms with van der Waals surface area (Å²) in [7, 11) is -3.93. The molecule has 1 fully saturated rings. The zero-order valence-electron chi connectivity index (χ0n) is 17.6. The van der Waals surface area contributed by atoms with Crippen molar-refractivity contribution in [3.05, 3.63) is 58.9 Å². The van der Waals surface area contributed by atoms with Gasteiger partial charge in [-0.1, -0.05) is 6.07 Å². The van der Waals surface area contributed by atoms with E-state index >= 15 is 0 Å². The van der Waals surface area contributed by atoms with E-state index in [1.54, 1.807) is 17.9 Å². The number of carboxylic acids is 1. The zero-order chi connectivity index (χ0) is 24.1. The van der Waals surface area contributed by atoms with Gasteiger partial charge < -0.3 is 10.0 Å². The Labute approximate surface area is 188 Å². The molecule has 0 amide bonds. The Morgan fingerprint density at radius 2 is 1.85 bits per heavy atom. The molecule has 2 aromatic rings. The predicted molar refractivity (Wildman–Crippen MR) is 112 cm³/mol. The monoisotopic (exact) mass is 486 g/mol. The summed E-state index contributed by atoms with van der Waals surface area (Å²) in [6, 6.07) is 6.68. The van der Waals surface area contributed by atoms with Gasteiger partial charge in [0.05, 0.1) is 16.4 Å². The number of alkyl halides is 3. The van der Waals surface area contributed by atoms with Crippen molar-refractivity contribution in [3.8, 4) is 0 Å². The van der Waals surface area contributed by atoms with Gasteiger partial charge in [0.25, 0.3) is 0 Å².